The molecule has 0 atom stereocenters. The van der Waals surface area contributed by atoms with Crippen molar-refractivity contribution in [2.45, 2.75) is 32.8 Å². The van der Waals surface area contributed by atoms with Crippen LogP contribution < -0.4 is 10.1 Å². The molecule has 0 aliphatic carbocycles. The van der Waals surface area contributed by atoms with E-state index in [1.165, 1.54) is 0 Å². The summed E-state index contributed by atoms with van der Waals surface area (Å²) in [7, 11) is 1.64. The molecule has 6 nitrogen and oxygen atoms in total. The molecule has 1 heterocycles. The summed E-state index contributed by atoms with van der Waals surface area (Å²) in [5, 5.41) is 2.71. The van der Waals surface area contributed by atoms with Crippen LogP contribution in [0.4, 0.5) is 4.79 Å². The summed E-state index contributed by atoms with van der Waals surface area (Å²) in [5.41, 5.74) is 1.42. The van der Waals surface area contributed by atoms with Crippen molar-refractivity contribution >= 4 is 6.09 Å². The Hall–Kier alpha value is -2.50. The van der Waals surface area contributed by atoms with Crippen molar-refractivity contribution in [1.29, 1.82) is 0 Å². The molecule has 23 heavy (non-hydrogen) atoms. The van der Waals surface area contributed by atoms with E-state index in [2.05, 4.69) is 15.3 Å². The second-order valence-corrected chi connectivity index (χ2v) is 6.15. The molecule has 0 spiro atoms. The van der Waals surface area contributed by atoms with Crippen molar-refractivity contribution in [3.63, 3.8) is 0 Å². The zero-order valence-electron chi connectivity index (χ0n) is 14.0. The highest BCUT2D eigenvalue weighted by atomic mass is 16.6. The van der Waals surface area contributed by atoms with E-state index in [4.69, 9.17) is 9.47 Å². The Labute approximate surface area is 136 Å². The van der Waals surface area contributed by atoms with Gasteiger partial charge in [0.2, 0.25) is 0 Å². The summed E-state index contributed by atoms with van der Waals surface area (Å²) in [5.74, 6) is 1.60. The third-order valence-electron chi connectivity index (χ3n) is 3.04. The van der Waals surface area contributed by atoms with Gasteiger partial charge in [0.25, 0.3) is 0 Å². The molecule has 0 bridgehead atoms. The normalized spacial score (nSPS) is 11.1. The Bertz CT molecular complexity index is 659. The largest absolute Gasteiger partial charge is 0.497 e. The van der Waals surface area contributed by atoms with Crippen LogP contribution in [0, 0.1) is 0 Å². The molecule has 0 aliphatic heterocycles. The smallest absolute Gasteiger partial charge is 0.407 e. The summed E-state index contributed by atoms with van der Waals surface area (Å²) < 4.78 is 10.4. The third-order valence-corrected chi connectivity index (χ3v) is 3.04. The van der Waals surface area contributed by atoms with Gasteiger partial charge in [-0.1, -0.05) is 12.1 Å². The van der Waals surface area contributed by atoms with Crippen LogP contribution in [0.15, 0.2) is 30.5 Å². The first-order chi connectivity index (χ1) is 10.9. The van der Waals surface area contributed by atoms with Crippen LogP contribution in [0.2, 0.25) is 0 Å². The lowest BCUT2D eigenvalue weighted by Gasteiger charge is -2.19. The fraction of sp³-hybridized carbons (Fsp3) is 0.412. The molecule has 2 aromatic rings. The van der Waals surface area contributed by atoms with E-state index < -0.39 is 11.7 Å². The van der Waals surface area contributed by atoms with Gasteiger partial charge >= 0.3 is 6.09 Å². The van der Waals surface area contributed by atoms with E-state index in [9.17, 15) is 4.79 Å². The minimum atomic E-state index is -0.492. The van der Waals surface area contributed by atoms with Crippen molar-refractivity contribution in [2.24, 2.45) is 0 Å². The zero-order chi connectivity index (χ0) is 16.9. The summed E-state index contributed by atoms with van der Waals surface area (Å²) in [4.78, 5) is 19.1. The van der Waals surface area contributed by atoms with Gasteiger partial charge in [-0.3, -0.25) is 0 Å². The molecule has 0 saturated carbocycles. The van der Waals surface area contributed by atoms with E-state index >= 15 is 0 Å². The number of carbonyl (C=O) groups is 1. The molecule has 0 fully saturated rings. The van der Waals surface area contributed by atoms with Gasteiger partial charge in [-0.25, -0.2) is 9.78 Å². The van der Waals surface area contributed by atoms with Crippen LogP contribution in [0.3, 0.4) is 0 Å². The Morgan fingerprint density at radius 1 is 1.35 bits per heavy atom. The maximum atomic E-state index is 11.6. The number of hydrogen-bond donors (Lipinski definition) is 2. The van der Waals surface area contributed by atoms with Gasteiger partial charge in [0, 0.05) is 18.5 Å². The van der Waals surface area contributed by atoms with E-state index in [0.717, 1.165) is 22.8 Å². The Kier molecular flexibility index (Phi) is 5.26. The standard InChI is InChI=1S/C17H23N3O3/c1-17(2,3)23-16(21)18-9-8-15-19-11-14(20-15)12-6-5-7-13(10-12)22-4/h5-7,10-11H,8-9H2,1-4H3,(H,18,21)(H,19,20). The number of benzene rings is 1. The van der Waals surface area contributed by atoms with Gasteiger partial charge in [-0.2, -0.15) is 0 Å². The van der Waals surface area contributed by atoms with E-state index in [-0.39, 0.29) is 0 Å². The Morgan fingerprint density at radius 2 is 2.13 bits per heavy atom. The number of aromatic amines is 1. The quantitative estimate of drug-likeness (QED) is 0.888. The second kappa shape index (κ2) is 7.17. The van der Waals surface area contributed by atoms with Crippen LogP contribution in [-0.4, -0.2) is 35.3 Å². The molecular weight excluding hydrogens is 294 g/mol. The van der Waals surface area contributed by atoms with Gasteiger partial charge in [-0.15, -0.1) is 0 Å². The molecule has 0 saturated heterocycles. The van der Waals surface area contributed by atoms with Crippen molar-refractivity contribution in [2.75, 3.05) is 13.7 Å². The van der Waals surface area contributed by atoms with Crippen LogP contribution in [0.25, 0.3) is 11.3 Å². The lowest BCUT2D eigenvalue weighted by Crippen LogP contribution is -2.33. The SMILES string of the molecule is COc1cccc(-c2cnc(CCNC(=O)OC(C)(C)C)[nH]2)c1. The summed E-state index contributed by atoms with van der Waals surface area (Å²) in [6.07, 6.45) is 1.96. The number of rotatable bonds is 5. The van der Waals surface area contributed by atoms with Crippen molar-refractivity contribution in [1.82, 2.24) is 15.3 Å². The maximum absolute atomic E-state index is 11.6. The second-order valence-electron chi connectivity index (χ2n) is 6.15. The molecule has 0 unspecified atom stereocenters. The third kappa shape index (κ3) is 5.32. The van der Waals surface area contributed by atoms with E-state index in [1.807, 2.05) is 45.0 Å². The molecule has 124 valence electrons. The first kappa shape index (κ1) is 16.9. The van der Waals surface area contributed by atoms with Gasteiger partial charge < -0.3 is 19.8 Å². The molecule has 2 rings (SSSR count). The monoisotopic (exact) mass is 317 g/mol. The highest BCUT2D eigenvalue weighted by Crippen LogP contribution is 2.22. The molecule has 1 aromatic heterocycles. The fourth-order valence-corrected chi connectivity index (χ4v) is 2.02. The predicted molar refractivity (Wildman–Crippen MR) is 88.5 cm³/mol. The fourth-order valence-electron chi connectivity index (χ4n) is 2.02. The lowest BCUT2D eigenvalue weighted by atomic mass is 10.1. The van der Waals surface area contributed by atoms with Crippen LogP contribution in [-0.2, 0) is 11.2 Å². The number of aromatic nitrogens is 2. The zero-order valence-corrected chi connectivity index (χ0v) is 14.0. The number of nitrogens with one attached hydrogen (secondary N) is 2. The molecule has 0 aliphatic rings. The number of nitrogens with zero attached hydrogens (tertiary/aromatic N) is 1. The molecule has 6 heteroatoms. The van der Waals surface area contributed by atoms with Gasteiger partial charge in [-0.05, 0) is 32.9 Å². The highest BCUT2D eigenvalue weighted by Gasteiger charge is 2.15. The number of carbonyl (C=O) groups excluding carboxylic acids is 1. The number of alkyl carbamates (subject to hydrolysis) is 1. The Morgan fingerprint density at radius 3 is 2.83 bits per heavy atom. The van der Waals surface area contributed by atoms with Gasteiger partial charge in [0.15, 0.2) is 0 Å². The van der Waals surface area contributed by atoms with Crippen LogP contribution >= 0.6 is 0 Å². The van der Waals surface area contributed by atoms with E-state index in [0.29, 0.717) is 13.0 Å². The number of amides is 1. The van der Waals surface area contributed by atoms with Crippen molar-refractivity contribution in [3.05, 3.63) is 36.3 Å². The van der Waals surface area contributed by atoms with E-state index in [1.54, 1.807) is 13.3 Å². The highest BCUT2D eigenvalue weighted by molar-refractivity contribution is 5.67. The maximum Gasteiger partial charge on any atom is 0.407 e. The van der Waals surface area contributed by atoms with Crippen LogP contribution in [0.1, 0.15) is 26.6 Å². The lowest BCUT2D eigenvalue weighted by molar-refractivity contribution is 0.0528. The first-order valence-corrected chi connectivity index (χ1v) is 7.52. The molecule has 1 aromatic carbocycles. The minimum absolute atomic E-state index is 0.419. The average molecular weight is 317 g/mol. The van der Waals surface area contributed by atoms with Crippen molar-refractivity contribution < 1.29 is 14.3 Å². The molecule has 1 amide bonds. The number of H-pyrrole nitrogens is 1. The molecular formula is C17H23N3O3. The number of hydrogen-bond acceptors (Lipinski definition) is 4. The van der Waals surface area contributed by atoms with Crippen LogP contribution in [0.5, 0.6) is 5.75 Å². The van der Waals surface area contributed by atoms with Gasteiger partial charge in [0.05, 0.1) is 19.0 Å². The van der Waals surface area contributed by atoms with Crippen molar-refractivity contribution in [3.8, 4) is 17.0 Å². The summed E-state index contributed by atoms with van der Waals surface area (Å²) >= 11 is 0. The topological polar surface area (TPSA) is 76.2 Å². The summed E-state index contributed by atoms with van der Waals surface area (Å²) in [6.45, 7) is 5.96. The number of imidazole rings is 1. The molecule has 0 radical (unpaired) electrons. The summed E-state index contributed by atoms with van der Waals surface area (Å²) in [6, 6.07) is 7.75. The van der Waals surface area contributed by atoms with Gasteiger partial charge in [0.1, 0.15) is 17.2 Å². The predicted octanol–water partition coefficient (Wildman–Crippen LogP) is 3.15. The average Bonchev–Trinajstić information content (AvgIpc) is 2.94. The minimum Gasteiger partial charge on any atom is -0.497 e. The first-order valence-electron chi connectivity index (χ1n) is 7.52. The molecule has 2 N–H and O–H groups in total. The number of methoxy groups -OCH3 is 1. The Balaban J connectivity index is 1.89. The number of ether oxygens (including phenoxy) is 2.